The van der Waals surface area contributed by atoms with E-state index < -0.39 is 0 Å². The van der Waals surface area contributed by atoms with Gasteiger partial charge in [-0.3, -0.25) is 14.4 Å². The Morgan fingerprint density at radius 2 is 1.90 bits per heavy atom. The highest BCUT2D eigenvalue weighted by molar-refractivity contribution is 7.12. The Hall–Kier alpha value is -2.96. The van der Waals surface area contributed by atoms with Gasteiger partial charge in [-0.15, -0.1) is 11.3 Å². The second-order valence-electron chi connectivity index (χ2n) is 7.51. The zero-order chi connectivity index (χ0) is 22.1. The van der Waals surface area contributed by atoms with Gasteiger partial charge < -0.3 is 10.2 Å². The van der Waals surface area contributed by atoms with E-state index in [1.807, 2.05) is 31.4 Å². The van der Waals surface area contributed by atoms with Gasteiger partial charge in [-0.2, -0.15) is 0 Å². The maximum Gasteiger partial charge on any atom is 0.259 e. The molecule has 7 heteroatoms. The van der Waals surface area contributed by atoms with Gasteiger partial charge in [-0.25, -0.2) is 0 Å². The number of hydrogen-bond donors (Lipinski definition) is 1. The van der Waals surface area contributed by atoms with Crippen LogP contribution in [0.25, 0.3) is 0 Å². The Kier molecular flexibility index (Phi) is 5.94. The van der Waals surface area contributed by atoms with Crippen LogP contribution in [0.15, 0.2) is 47.8 Å². The van der Waals surface area contributed by atoms with Gasteiger partial charge in [0.2, 0.25) is 0 Å². The zero-order valence-electron chi connectivity index (χ0n) is 17.2. The summed E-state index contributed by atoms with van der Waals surface area (Å²) in [6, 6.07) is 12.2. The minimum absolute atomic E-state index is 0.0656. The molecule has 0 aliphatic carbocycles. The average molecular weight is 453 g/mol. The SMILES string of the molecule is Cc1cccc(C(=O)Nc2ccc(C(=O)N3CCCC(=O)c4sccc43)c(Cl)c2)c1C. The molecule has 5 nitrogen and oxygen atoms in total. The van der Waals surface area contributed by atoms with Crippen molar-refractivity contribution in [3.63, 3.8) is 0 Å². The normalized spacial score (nSPS) is 13.5. The summed E-state index contributed by atoms with van der Waals surface area (Å²) in [5, 5.41) is 4.92. The average Bonchev–Trinajstić information content (AvgIpc) is 3.16. The predicted octanol–water partition coefficient (Wildman–Crippen LogP) is 5.89. The molecule has 2 aromatic carbocycles. The highest BCUT2D eigenvalue weighted by Gasteiger charge is 2.28. The highest BCUT2D eigenvalue weighted by Crippen LogP contribution is 2.33. The molecule has 2 heterocycles. The molecule has 0 bridgehead atoms. The van der Waals surface area contributed by atoms with Gasteiger partial charge in [0.05, 0.1) is 21.2 Å². The number of carbonyl (C=O) groups excluding carboxylic acids is 3. The van der Waals surface area contributed by atoms with E-state index in [1.54, 1.807) is 35.2 Å². The van der Waals surface area contributed by atoms with Crippen LogP contribution in [0.5, 0.6) is 0 Å². The molecule has 0 unspecified atom stereocenters. The third-order valence-corrected chi connectivity index (χ3v) is 6.78. The number of carbonyl (C=O) groups is 3. The van der Waals surface area contributed by atoms with E-state index in [0.717, 1.165) is 11.1 Å². The van der Waals surface area contributed by atoms with E-state index in [2.05, 4.69) is 5.32 Å². The van der Waals surface area contributed by atoms with Gasteiger partial charge >= 0.3 is 0 Å². The molecule has 1 aliphatic rings. The number of Topliss-reactive ketones (excluding diaryl/α,β-unsaturated/α-hetero) is 1. The molecule has 3 aromatic rings. The van der Waals surface area contributed by atoms with Crippen molar-refractivity contribution in [1.82, 2.24) is 0 Å². The second-order valence-corrected chi connectivity index (χ2v) is 8.84. The molecule has 1 aliphatic heterocycles. The smallest absolute Gasteiger partial charge is 0.259 e. The van der Waals surface area contributed by atoms with E-state index in [0.29, 0.717) is 46.8 Å². The van der Waals surface area contributed by atoms with Crippen molar-refractivity contribution >= 4 is 51.9 Å². The first-order valence-electron chi connectivity index (χ1n) is 9.96. The van der Waals surface area contributed by atoms with Crippen molar-refractivity contribution in [2.45, 2.75) is 26.7 Å². The summed E-state index contributed by atoms with van der Waals surface area (Å²) in [7, 11) is 0. The first-order valence-corrected chi connectivity index (χ1v) is 11.2. The fourth-order valence-electron chi connectivity index (χ4n) is 3.67. The van der Waals surface area contributed by atoms with Crippen molar-refractivity contribution in [3.05, 3.63) is 80.0 Å². The Bertz CT molecular complexity index is 1200. The second kappa shape index (κ2) is 8.65. The third-order valence-electron chi connectivity index (χ3n) is 5.53. The summed E-state index contributed by atoms with van der Waals surface area (Å²) in [5.74, 6) is -0.423. The number of hydrogen-bond acceptors (Lipinski definition) is 4. The number of rotatable bonds is 3. The monoisotopic (exact) mass is 452 g/mol. The molecule has 0 fully saturated rings. The van der Waals surface area contributed by atoms with Crippen LogP contribution < -0.4 is 10.2 Å². The number of halogens is 1. The molecule has 158 valence electrons. The Balaban J connectivity index is 1.57. The van der Waals surface area contributed by atoms with E-state index in [1.165, 1.54) is 11.3 Å². The molecule has 2 amide bonds. The molecule has 0 radical (unpaired) electrons. The summed E-state index contributed by atoms with van der Waals surface area (Å²) in [5.41, 5.74) is 4.03. The number of amides is 2. The molecule has 1 aromatic heterocycles. The van der Waals surface area contributed by atoms with Crippen LogP contribution in [0.2, 0.25) is 5.02 Å². The largest absolute Gasteiger partial charge is 0.322 e. The first kappa shape index (κ1) is 21.3. The minimum atomic E-state index is -0.258. The quantitative estimate of drug-likeness (QED) is 0.538. The molecule has 0 saturated heterocycles. The molecule has 0 spiro atoms. The zero-order valence-corrected chi connectivity index (χ0v) is 18.8. The van der Waals surface area contributed by atoms with E-state index in [4.69, 9.17) is 11.6 Å². The summed E-state index contributed by atoms with van der Waals surface area (Å²) < 4.78 is 0. The Morgan fingerprint density at radius 3 is 2.68 bits per heavy atom. The van der Waals surface area contributed by atoms with Gasteiger partial charge in [0.1, 0.15) is 0 Å². The van der Waals surface area contributed by atoms with Crippen LogP contribution in [0.4, 0.5) is 11.4 Å². The molecule has 4 rings (SSSR count). The maximum atomic E-state index is 13.2. The number of fused-ring (bicyclic) bond motifs is 1. The van der Waals surface area contributed by atoms with E-state index >= 15 is 0 Å². The number of thiophene rings is 1. The van der Waals surface area contributed by atoms with Gasteiger partial charge in [-0.05, 0) is 67.1 Å². The van der Waals surface area contributed by atoms with Crippen LogP contribution in [-0.4, -0.2) is 24.1 Å². The standard InChI is InChI=1S/C24H21ClN2O3S/c1-14-5-3-6-17(15(14)2)23(29)26-16-8-9-18(19(25)13-16)24(30)27-11-4-7-21(28)22-20(27)10-12-31-22/h3,5-6,8-10,12-13H,4,7,11H2,1-2H3,(H,26,29). The van der Waals surface area contributed by atoms with Crippen molar-refractivity contribution in [2.75, 3.05) is 16.8 Å². The Morgan fingerprint density at radius 1 is 1.10 bits per heavy atom. The van der Waals surface area contributed by atoms with Gasteiger partial charge in [0, 0.05) is 24.2 Å². The maximum absolute atomic E-state index is 13.2. The number of nitrogens with one attached hydrogen (secondary N) is 1. The molecule has 1 N–H and O–H groups in total. The van der Waals surface area contributed by atoms with Crippen molar-refractivity contribution in [2.24, 2.45) is 0 Å². The van der Waals surface area contributed by atoms with Crippen molar-refractivity contribution in [1.29, 1.82) is 0 Å². The van der Waals surface area contributed by atoms with Crippen LogP contribution in [0.3, 0.4) is 0 Å². The number of nitrogens with zero attached hydrogens (tertiary/aromatic N) is 1. The van der Waals surface area contributed by atoms with Gasteiger partial charge in [0.15, 0.2) is 5.78 Å². The molecular formula is C24H21ClN2O3S. The third kappa shape index (κ3) is 4.13. The lowest BCUT2D eigenvalue weighted by molar-refractivity contribution is 0.0975. The molecule has 0 atom stereocenters. The fourth-order valence-corrected chi connectivity index (χ4v) is 4.80. The van der Waals surface area contributed by atoms with Gasteiger partial charge in [-0.1, -0.05) is 23.7 Å². The van der Waals surface area contributed by atoms with E-state index in [9.17, 15) is 14.4 Å². The highest BCUT2D eigenvalue weighted by atomic mass is 35.5. The number of anilines is 2. The summed E-state index contributed by atoms with van der Waals surface area (Å²) >= 11 is 7.79. The van der Waals surface area contributed by atoms with Crippen LogP contribution in [-0.2, 0) is 0 Å². The van der Waals surface area contributed by atoms with Gasteiger partial charge in [0.25, 0.3) is 11.8 Å². The lowest BCUT2D eigenvalue weighted by Crippen LogP contribution is -2.31. The Labute approximate surface area is 189 Å². The lowest BCUT2D eigenvalue weighted by atomic mass is 10.0. The van der Waals surface area contributed by atoms with Crippen LogP contribution in [0, 0.1) is 13.8 Å². The molecule has 0 saturated carbocycles. The number of aryl methyl sites for hydroxylation is 1. The van der Waals surface area contributed by atoms with Crippen molar-refractivity contribution in [3.8, 4) is 0 Å². The minimum Gasteiger partial charge on any atom is -0.322 e. The number of ketones is 1. The molecule has 31 heavy (non-hydrogen) atoms. The summed E-state index contributed by atoms with van der Waals surface area (Å²) in [6.07, 6.45) is 1.03. The first-order chi connectivity index (χ1) is 14.9. The lowest BCUT2D eigenvalue weighted by Gasteiger charge is -2.21. The molecular weight excluding hydrogens is 432 g/mol. The topological polar surface area (TPSA) is 66.5 Å². The number of benzene rings is 2. The summed E-state index contributed by atoms with van der Waals surface area (Å²) in [4.78, 5) is 40.4. The summed E-state index contributed by atoms with van der Waals surface area (Å²) in [6.45, 7) is 4.32. The fraction of sp³-hybridized carbons (Fsp3) is 0.208. The van der Waals surface area contributed by atoms with Crippen molar-refractivity contribution < 1.29 is 14.4 Å². The van der Waals surface area contributed by atoms with Crippen LogP contribution >= 0.6 is 22.9 Å². The van der Waals surface area contributed by atoms with Crippen LogP contribution in [0.1, 0.15) is 54.4 Å². The van der Waals surface area contributed by atoms with E-state index in [-0.39, 0.29) is 22.6 Å². The predicted molar refractivity (Wildman–Crippen MR) is 125 cm³/mol.